The van der Waals surface area contributed by atoms with E-state index in [4.69, 9.17) is 15.2 Å². The first-order valence-corrected chi connectivity index (χ1v) is 9.64. The van der Waals surface area contributed by atoms with E-state index in [2.05, 4.69) is 10.6 Å². The molecule has 0 saturated heterocycles. The van der Waals surface area contributed by atoms with Gasteiger partial charge in [0.05, 0.1) is 12.5 Å². The van der Waals surface area contributed by atoms with Crippen molar-refractivity contribution in [2.24, 2.45) is 5.73 Å². The molecule has 4 N–H and O–H groups in total. The van der Waals surface area contributed by atoms with Crippen molar-refractivity contribution in [3.8, 4) is 11.5 Å². The van der Waals surface area contributed by atoms with Gasteiger partial charge in [0.25, 0.3) is 0 Å². The van der Waals surface area contributed by atoms with E-state index in [9.17, 15) is 9.59 Å². The van der Waals surface area contributed by atoms with Crippen LogP contribution in [-0.4, -0.2) is 39.1 Å². The van der Waals surface area contributed by atoms with E-state index in [1.807, 2.05) is 24.3 Å². The van der Waals surface area contributed by atoms with Gasteiger partial charge in [0.2, 0.25) is 11.8 Å². The standard InChI is InChI=1S/C22H27N3O4/c1-24-20(26)19(15-4-3-5-18(14-15)29-13-12-23)25-21(27)22(10-11-22)16-6-8-17(28-2)9-7-16/h3-9,14,19H,10-13,23H2,1-2H3,(H,24,26)(H,25,27)/t19-/m0/s1. The number of carbonyl (C=O) groups is 2. The zero-order valence-corrected chi connectivity index (χ0v) is 16.7. The largest absolute Gasteiger partial charge is 0.497 e. The van der Waals surface area contributed by atoms with Crippen molar-refractivity contribution >= 4 is 11.8 Å². The van der Waals surface area contributed by atoms with E-state index in [-0.39, 0.29) is 11.8 Å². The first kappa shape index (κ1) is 20.7. The summed E-state index contributed by atoms with van der Waals surface area (Å²) in [5.41, 5.74) is 6.45. The predicted molar refractivity (Wildman–Crippen MR) is 110 cm³/mol. The van der Waals surface area contributed by atoms with E-state index in [0.29, 0.717) is 24.5 Å². The first-order valence-electron chi connectivity index (χ1n) is 9.64. The van der Waals surface area contributed by atoms with Crippen molar-refractivity contribution in [1.82, 2.24) is 10.6 Å². The van der Waals surface area contributed by atoms with Gasteiger partial charge in [0.15, 0.2) is 0 Å². The molecule has 29 heavy (non-hydrogen) atoms. The summed E-state index contributed by atoms with van der Waals surface area (Å²) >= 11 is 0. The van der Waals surface area contributed by atoms with Gasteiger partial charge in [-0.3, -0.25) is 9.59 Å². The highest BCUT2D eigenvalue weighted by Gasteiger charge is 2.52. The number of nitrogens with one attached hydrogen (secondary N) is 2. The molecule has 1 saturated carbocycles. The Morgan fingerprint density at radius 2 is 1.86 bits per heavy atom. The molecule has 7 nitrogen and oxygen atoms in total. The van der Waals surface area contributed by atoms with Crippen molar-refractivity contribution in [3.05, 3.63) is 59.7 Å². The maximum atomic E-state index is 13.2. The molecule has 154 valence electrons. The Bertz CT molecular complexity index is 863. The fourth-order valence-electron chi connectivity index (χ4n) is 3.36. The molecule has 1 atom stereocenters. The smallest absolute Gasteiger partial charge is 0.246 e. The van der Waals surface area contributed by atoms with Gasteiger partial charge < -0.3 is 25.8 Å². The van der Waals surface area contributed by atoms with Gasteiger partial charge in [-0.25, -0.2) is 0 Å². The van der Waals surface area contributed by atoms with Crippen molar-refractivity contribution in [2.75, 3.05) is 27.3 Å². The second-order valence-corrected chi connectivity index (χ2v) is 7.04. The highest BCUT2D eigenvalue weighted by Crippen LogP contribution is 2.49. The van der Waals surface area contributed by atoms with Crippen molar-refractivity contribution < 1.29 is 19.1 Å². The van der Waals surface area contributed by atoms with Crippen LogP contribution in [0.1, 0.15) is 30.0 Å². The van der Waals surface area contributed by atoms with Gasteiger partial charge >= 0.3 is 0 Å². The molecule has 1 fully saturated rings. The fourth-order valence-corrected chi connectivity index (χ4v) is 3.36. The van der Waals surface area contributed by atoms with Crippen molar-refractivity contribution in [2.45, 2.75) is 24.3 Å². The number of rotatable bonds is 9. The number of carbonyl (C=O) groups excluding carboxylic acids is 2. The number of hydrogen-bond acceptors (Lipinski definition) is 5. The van der Waals surface area contributed by atoms with Gasteiger partial charge in [0.1, 0.15) is 24.1 Å². The van der Waals surface area contributed by atoms with Gasteiger partial charge in [-0.1, -0.05) is 24.3 Å². The zero-order chi connectivity index (χ0) is 20.9. The quantitative estimate of drug-likeness (QED) is 0.597. The molecular formula is C22H27N3O4. The van der Waals surface area contributed by atoms with Crippen LogP contribution >= 0.6 is 0 Å². The van der Waals surface area contributed by atoms with E-state index < -0.39 is 11.5 Å². The van der Waals surface area contributed by atoms with Gasteiger partial charge in [-0.05, 0) is 48.2 Å². The molecule has 0 unspecified atom stereocenters. The molecule has 2 aromatic rings. The lowest BCUT2D eigenvalue weighted by molar-refractivity contribution is -0.130. The lowest BCUT2D eigenvalue weighted by Gasteiger charge is -2.22. The number of methoxy groups -OCH3 is 1. The van der Waals surface area contributed by atoms with Crippen LogP contribution in [0.25, 0.3) is 0 Å². The zero-order valence-electron chi connectivity index (χ0n) is 16.7. The summed E-state index contributed by atoms with van der Waals surface area (Å²) < 4.78 is 10.8. The van der Waals surface area contributed by atoms with Gasteiger partial charge in [-0.15, -0.1) is 0 Å². The Balaban J connectivity index is 1.81. The monoisotopic (exact) mass is 397 g/mol. The predicted octanol–water partition coefficient (Wildman–Crippen LogP) is 1.67. The Morgan fingerprint density at radius 1 is 1.14 bits per heavy atom. The number of amides is 2. The van der Waals surface area contributed by atoms with Crippen molar-refractivity contribution in [3.63, 3.8) is 0 Å². The SMILES string of the molecule is CNC(=O)[C@@H](NC(=O)C1(c2ccc(OC)cc2)CC1)c1cccc(OCCN)c1. The number of benzene rings is 2. The third kappa shape index (κ3) is 4.51. The van der Waals surface area contributed by atoms with Crippen LogP contribution < -0.4 is 25.8 Å². The number of ether oxygens (including phenoxy) is 2. The maximum absolute atomic E-state index is 13.2. The van der Waals surface area contributed by atoms with Crippen LogP contribution in [0.2, 0.25) is 0 Å². The molecule has 1 aliphatic carbocycles. The Kier molecular flexibility index (Phi) is 6.39. The molecule has 0 heterocycles. The Morgan fingerprint density at radius 3 is 2.45 bits per heavy atom. The molecule has 0 spiro atoms. The molecule has 0 aromatic heterocycles. The molecule has 0 bridgehead atoms. The average molecular weight is 397 g/mol. The van der Waals surface area contributed by atoms with Crippen LogP contribution in [0.4, 0.5) is 0 Å². The van der Waals surface area contributed by atoms with Gasteiger partial charge in [0, 0.05) is 13.6 Å². The average Bonchev–Trinajstić information content (AvgIpc) is 3.57. The van der Waals surface area contributed by atoms with Gasteiger partial charge in [-0.2, -0.15) is 0 Å². The van der Waals surface area contributed by atoms with E-state index in [0.717, 1.165) is 24.2 Å². The highest BCUT2D eigenvalue weighted by molar-refractivity contribution is 5.95. The molecule has 2 aromatic carbocycles. The Labute approximate surface area is 170 Å². The molecular weight excluding hydrogens is 370 g/mol. The fraction of sp³-hybridized carbons (Fsp3) is 0.364. The summed E-state index contributed by atoms with van der Waals surface area (Å²) in [6.45, 7) is 0.769. The van der Waals surface area contributed by atoms with E-state index >= 15 is 0 Å². The minimum atomic E-state index is -0.815. The first-order chi connectivity index (χ1) is 14.0. The topological polar surface area (TPSA) is 103 Å². The van der Waals surface area contributed by atoms with Crippen LogP contribution in [0, 0.1) is 0 Å². The highest BCUT2D eigenvalue weighted by atomic mass is 16.5. The number of hydrogen-bond donors (Lipinski definition) is 3. The molecule has 1 aliphatic rings. The molecule has 2 amide bonds. The summed E-state index contributed by atoms with van der Waals surface area (Å²) in [6.07, 6.45) is 1.48. The van der Waals surface area contributed by atoms with Crippen LogP contribution in [0.15, 0.2) is 48.5 Å². The van der Waals surface area contributed by atoms with Crippen molar-refractivity contribution in [1.29, 1.82) is 0 Å². The van der Waals surface area contributed by atoms with E-state index in [1.165, 1.54) is 0 Å². The summed E-state index contributed by atoms with van der Waals surface area (Å²) in [7, 11) is 3.15. The third-order valence-electron chi connectivity index (χ3n) is 5.19. The van der Waals surface area contributed by atoms with E-state index in [1.54, 1.807) is 38.4 Å². The Hall–Kier alpha value is -3.06. The van der Waals surface area contributed by atoms with Crippen LogP contribution in [0.3, 0.4) is 0 Å². The summed E-state index contributed by atoms with van der Waals surface area (Å²) in [5.74, 6) is 0.888. The number of likely N-dealkylation sites (N-methyl/N-ethyl adjacent to an activating group) is 1. The molecule has 3 rings (SSSR count). The molecule has 0 radical (unpaired) electrons. The maximum Gasteiger partial charge on any atom is 0.246 e. The molecule has 7 heteroatoms. The molecule has 0 aliphatic heterocycles. The summed E-state index contributed by atoms with van der Waals surface area (Å²) in [4.78, 5) is 25.7. The number of nitrogens with two attached hydrogens (primary N) is 1. The lowest BCUT2D eigenvalue weighted by Crippen LogP contribution is -2.43. The lowest BCUT2D eigenvalue weighted by atomic mass is 9.94. The third-order valence-corrected chi connectivity index (χ3v) is 5.19. The minimum absolute atomic E-state index is 0.162. The second-order valence-electron chi connectivity index (χ2n) is 7.04. The van der Waals surface area contributed by atoms with Crippen LogP contribution in [-0.2, 0) is 15.0 Å². The van der Waals surface area contributed by atoms with Crippen LogP contribution in [0.5, 0.6) is 11.5 Å². The minimum Gasteiger partial charge on any atom is -0.497 e. The summed E-state index contributed by atoms with van der Waals surface area (Å²) in [5, 5.41) is 5.56. The normalized spacial score (nSPS) is 15.1. The second kappa shape index (κ2) is 8.96. The summed E-state index contributed by atoms with van der Waals surface area (Å²) in [6, 6.07) is 13.8.